The van der Waals surface area contributed by atoms with Crippen molar-refractivity contribution in [3.8, 4) is 0 Å². The van der Waals surface area contributed by atoms with E-state index in [0.717, 1.165) is 11.3 Å². The van der Waals surface area contributed by atoms with Gasteiger partial charge in [-0.1, -0.05) is 23.7 Å². The van der Waals surface area contributed by atoms with Crippen LogP contribution in [0.1, 0.15) is 15.9 Å². The standard InChI is InChI=1S/C13H12ClN3O2/c1-19-7-9-2-4-10(5-3-9)17-13-11(6-18)12(14)15-8-16-13/h2-6,8H,7H2,1H3,(H,15,16,17). The highest BCUT2D eigenvalue weighted by atomic mass is 35.5. The summed E-state index contributed by atoms with van der Waals surface area (Å²) in [5, 5.41) is 3.15. The molecule has 2 rings (SSSR count). The van der Waals surface area contributed by atoms with Crippen LogP contribution in [0.5, 0.6) is 0 Å². The van der Waals surface area contributed by atoms with Gasteiger partial charge in [0.1, 0.15) is 17.3 Å². The van der Waals surface area contributed by atoms with Gasteiger partial charge in [0, 0.05) is 12.8 Å². The number of nitrogens with zero attached hydrogens (tertiary/aromatic N) is 2. The van der Waals surface area contributed by atoms with Crippen LogP contribution in [0.4, 0.5) is 11.5 Å². The molecule has 19 heavy (non-hydrogen) atoms. The minimum Gasteiger partial charge on any atom is -0.380 e. The second-order valence-electron chi connectivity index (χ2n) is 3.80. The smallest absolute Gasteiger partial charge is 0.156 e. The Balaban J connectivity index is 2.21. The number of hydrogen-bond acceptors (Lipinski definition) is 5. The van der Waals surface area contributed by atoms with Crippen molar-refractivity contribution < 1.29 is 9.53 Å². The number of ether oxygens (including phenoxy) is 1. The van der Waals surface area contributed by atoms with Gasteiger partial charge in [-0.15, -0.1) is 0 Å². The van der Waals surface area contributed by atoms with E-state index in [4.69, 9.17) is 16.3 Å². The van der Waals surface area contributed by atoms with E-state index in [2.05, 4.69) is 15.3 Å². The summed E-state index contributed by atoms with van der Waals surface area (Å²) >= 11 is 5.82. The molecule has 98 valence electrons. The topological polar surface area (TPSA) is 64.1 Å². The van der Waals surface area contributed by atoms with E-state index in [0.29, 0.717) is 18.7 Å². The van der Waals surface area contributed by atoms with Crippen molar-refractivity contribution in [3.63, 3.8) is 0 Å². The molecule has 0 fully saturated rings. The summed E-state index contributed by atoms with van der Waals surface area (Å²) < 4.78 is 5.03. The van der Waals surface area contributed by atoms with Gasteiger partial charge in [-0.2, -0.15) is 0 Å². The van der Waals surface area contributed by atoms with Crippen LogP contribution in [0, 0.1) is 0 Å². The third kappa shape index (κ3) is 3.27. The summed E-state index contributed by atoms with van der Waals surface area (Å²) in [6.07, 6.45) is 1.93. The molecule has 0 bridgehead atoms. The highest BCUT2D eigenvalue weighted by Crippen LogP contribution is 2.21. The van der Waals surface area contributed by atoms with Gasteiger partial charge in [-0.05, 0) is 17.7 Å². The fraction of sp³-hybridized carbons (Fsp3) is 0.154. The number of aldehydes is 1. The Morgan fingerprint density at radius 2 is 2.05 bits per heavy atom. The zero-order valence-corrected chi connectivity index (χ0v) is 11.0. The molecule has 0 amide bonds. The molecule has 1 aromatic carbocycles. The molecular formula is C13H12ClN3O2. The second-order valence-corrected chi connectivity index (χ2v) is 4.16. The van der Waals surface area contributed by atoms with Crippen LogP contribution in [0.3, 0.4) is 0 Å². The van der Waals surface area contributed by atoms with Gasteiger partial charge >= 0.3 is 0 Å². The average Bonchev–Trinajstić information content (AvgIpc) is 2.42. The first-order chi connectivity index (χ1) is 9.24. The molecule has 0 radical (unpaired) electrons. The number of anilines is 2. The Labute approximate surface area is 115 Å². The summed E-state index contributed by atoms with van der Waals surface area (Å²) in [6, 6.07) is 7.60. The molecule has 0 saturated heterocycles. The molecule has 0 atom stereocenters. The lowest BCUT2D eigenvalue weighted by Gasteiger charge is -2.08. The van der Waals surface area contributed by atoms with Gasteiger partial charge in [0.15, 0.2) is 6.29 Å². The Bertz CT molecular complexity index is 573. The predicted octanol–water partition coefficient (Wildman–Crippen LogP) is 2.83. The molecule has 2 aromatic rings. The lowest BCUT2D eigenvalue weighted by molar-refractivity contribution is 0.112. The fourth-order valence-electron chi connectivity index (χ4n) is 1.57. The summed E-state index contributed by atoms with van der Waals surface area (Å²) in [7, 11) is 1.64. The Kier molecular flexibility index (Phi) is 4.43. The van der Waals surface area contributed by atoms with Crippen LogP contribution in [-0.2, 0) is 11.3 Å². The highest BCUT2D eigenvalue weighted by Gasteiger charge is 2.08. The number of hydrogen-bond donors (Lipinski definition) is 1. The Morgan fingerprint density at radius 3 is 2.68 bits per heavy atom. The molecule has 0 aliphatic rings. The van der Waals surface area contributed by atoms with Gasteiger partial charge in [0.05, 0.1) is 12.2 Å². The van der Waals surface area contributed by atoms with Crippen molar-refractivity contribution in [2.75, 3.05) is 12.4 Å². The summed E-state index contributed by atoms with van der Waals surface area (Å²) in [5.41, 5.74) is 2.10. The molecular weight excluding hydrogens is 266 g/mol. The van der Waals surface area contributed by atoms with Gasteiger partial charge in [0.2, 0.25) is 0 Å². The number of rotatable bonds is 5. The molecule has 0 aliphatic heterocycles. The molecule has 1 N–H and O–H groups in total. The maximum Gasteiger partial charge on any atom is 0.156 e. The van der Waals surface area contributed by atoms with Crippen LogP contribution in [-0.4, -0.2) is 23.4 Å². The number of halogens is 1. The van der Waals surface area contributed by atoms with E-state index in [-0.39, 0.29) is 10.7 Å². The first kappa shape index (κ1) is 13.5. The van der Waals surface area contributed by atoms with Crippen molar-refractivity contribution in [2.24, 2.45) is 0 Å². The van der Waals surface area contributed by atoms with Gasteiger partial charge in [-0.3, -0.25) is 4.79 Å². The first-order valence-corrected chi connectivity index (χ1v) is 5.93. The monoisotopic (exact) mass is 277 g/mol. The van der Waals surface area contributed by atoms with Crippen molar-refractivity contribution in [1.29, 1.82) is 0 Å². The lowest BCUT2D eigenvalue weighted by Crippen LogP contribution is -2.00. The number of benzene rings is 1. The first-order valence-electron chi connectivity index (χ1n) is 5.55. The molecule has 5 nitrogen and oxygen atoms in total. The van der Waals surface area contributed by atoms with Gasteiger partial charge in [-0.25, -0.2) is 9.97 Å². The Hall–Kier alpha value is -1.98. The molecule has 6 heteroatoms. The van der Waals surface area contributed by atoms with Crippen LogP contribution in [0.15, 0.2) is 30.6 Å². The van der Waals surface area contributed by atoms with Gasteiger partial charge in [0.25, 0.3) is 0 Å². The molecule has 1 aromatic heterocycles. The van der Waals surface area contributed by atoms with Crippen LogP contribution < -0.4 is 5.32 Å². The third-order valence-electron chi connectivity index (χ3n) is 2.48. The normalized spacial score (nSPS) is 10.2. The number of nitrogens with one attached hydrogen (secondary N) is 1. The zero-order chi connectivity index (χ0) is 13.7. The van der Waals surface area contributed by atoms with Crippen molar-refractivity contribution in [2.45, 2.75) is 6.61 Å². The highest BCUT2D eigenvalue weighted by molar-refractivity contribution is 6.32. The van der Waals surface area contributed by atoms with Crippen molar-refractivity contribution in [3.05, 3.63) is 46.9 Å². The lowest BCUT2D eigenvalue weighted by atomic mass is 10.2. The van der Waals surface area contributed by atoms with E-state index < -0.39 is 0 Å². The van der Waals surface area contributed by atoms with E-state index in [1.54, 1.807) is 7.11 Å². The van der Waals surface area contributed by atoms with E-state index in [9.17, 15) is 4.79 Å². The molecule has 0 aliphatic carbocycles. The molecule has 0 spiro atoms. The number of carbonyl (C=O) groups is 1. The summed E-state index contributed by atoms with van der Waals surface area (Å²) in [5.74, 6) is 0.384. The predicted molar refractivity (Wildman–Crippen MR) is 72.9 cm³/mol. The summed E-state index contributed by atoms with van der Waals surface area (Å²) in [4.78, 5) is 18.7. The quantitative estimate of drug-likeness (QED) is 0.672. The molecule has 1 heterocycles. The van der Waals surface area contributed by atoms with Crippen molar-refractivity contribution >= 4 is 29.4 Å². The Morgan fingerprint density at radius 1 is 1.32 bits per heavy atom. The SMILES string of the molecule is COCc1ccc(Nc2ncnc(Cl)c2C=O)cc1. The molecule has 0 unspecified atom stereocenters. The van der Waals surface area contributed by atoms with Crippen LogP contribution >= 0.6 is 11.6 Å². The minimum atomic E-state index is 0.128. The largest absolute Gasteiger partial charge is 0.380 e. The van der Waals surface area contributed by atoms with Crippen LogP contribution in [0.25, 0.3) is 0 Å². The average molecular weight is 278 g/mol. The van der Waals surface area contributed by atoms with E-state index in [1.807, 2.05) is 24.3 Å². The van der Waals surface area contributed by atoms with E-state index >= 15 is 0 Å². The molecule has 0 saturated carbocycles. The van der Waals surface area contributed by atoms with Crippen molar-refractivity contribution in [1.82, 2.24) is 9.97 Å². The zero-order valence-electron chi connectivity index (χ0n) is 10.3. The number of carbonyl (C=O) groups excluding carboxylic acids is 1. The maximum atomic E-state index is 11.0. The minimum absolute atomic E-state index is 0.128. The maximum absolute atomic E-state index is 11.0. The van der Waals surface area contributed by atoms with Crippen LogP contribution in [0.2, 0.25) is 5.15 Å². The van der Waals surface area contributed by atoms with Gasteiger partial charge < -0.3 is 10.1 Å². The summed E-state index contributed by atoms with van der Waals surface area (Å²) in [6.45, 7) is 0.555. The number of methoxy groups -OCH3 is 1. The third-order valence-corrected chi connectivity index (χ3v) is 2.78. The fourth-order valence-corrected chi connectivity index (χ4v) is 1.74. The number of aromatic nitrogens is 2. The van der Waals surface area contributed by atoms with E-state index in [1.165, 1.54) is 6.33 Å². The second kappa shape index (κ2) is 6.26.